The lowest BCUT2D eigenvalue weighted by molar-refractivity contribution is -0.302. The molecule has 0 radical (unpaired) electrons. The fraction of sp³-hybridized carbons (Fsp3) is 1.00. The molecule has 0 N–H and O–H groups in total. The van der Waals surface area contributed by atoms with Crippen molar-refractivity contribution in [2.75, 3.05) is 0 Å². The molecule has 0 heterocycles. The maximum absolute atomic E-state index is 14.2. The fourth-order valence-electron chi connectivity index (χ4n) is 1.73. The molecule has 0 rings (SSSR count). The molecule has 9 heteroatoms. The van der Waals surface area contributed by atoms with Crippen molar-refractivity contribution in [2.24, 2.45) is 5.41 Å². The third-order valence-electron chi connectivity index (χ3n) is 3.90. The van der Waals surface area contributed by atoms with Crippen LogP contribution in [-0.2, 0) is 10.2 Å². The molecule has 0 bridgehead atoms. The molecule has 0 spiro atoms. The summed E-state index contributed by atoms with van der Waals surface area (Å²) < 4.78 is 98.4. The molecule has 116 valence electrons. The molecule has 0 saturated carbocycles. The number of rotatable bonds is 5. The van der Waals surface area contributed by atoms with E-state index in [1.807, 2.05) is 0 Å². The Bertz CT molecular complexity index is 430. The van der Waals surface area contributed by atoms with E-state index < -0.39 is 45.3 Å². The molecule has 0 aliphatic rings. The highest BCUT2D eigenvalue weighted by molar-refractivity contribution is 7.87. The molecule has 0 aromatic carbocycles. The molecule has 2 unspecified atom stereocenters. The van der Waals surface area contributed by atoms with Crippen LogP contribution in [0.25, 0.3) is 0 Å². The van der Waals surface area contributed by atoms with Crippen molar-refractivity contribution in [3.8, 4) is 0 Å². The van der Waals surface area contributed by atoms with Crippen molar-refractivity contribution in [3.05, 3.63) is 0 Å². The number of alkyl halides is 5. The topological polar surface area (TPSA) is 34.1 Å². The van der Waals surface area contributed by atoms with Gasteiger partial charge in [-0.25, -0.2) is 8.78 Å². The van der Waals surface area contributed by atoms with E-state index in [4.69, 9.17) is 0 Å². The molecule has 0 aliphatic heterocycles. The zero-order chi connectivity index (χ0) is 15.9. The van der Waals surface area contributed by atoms with Crippen molar-refractivity contribution < 1.29 is 34.3 Å². The highest BCUT2D eigenvalue weighted by Crippen LogP contribution is 2.58. The summed E-state index contributed by atoms with van der Waals surface area (Å²) in [5, 5.41) is 0. The minimum absolute atomic E-state index is 0.200. The van der Waals surface area contributed by atoms with Gasteiger partial charge in [-0.1, -0.05) is 13.8 Å². The summed E-state index contributed by atoms with van der Waals surface area (Å²) in [4.78, 5) is 0. The zero-order valence-corrected chi connectivity index (χ0v) is 11.7. The highest BCUT2D eigenvalue weighted by Gasteiger charge is 2.74. The second-order valence-corrected chi connectivity index (χ2v) is 6.56. The summed E-state index contributed by atoms with van der Waals surface area (Å²) in [6.07, 6.45) is -7.43. The summed E-state index contributed by atoms with van der Waals surface area (Å²) in [6.45, 7) is 2.24. The van der Waals surface area contributed by atoms with Gasteiger partial charge in [-0.3, -0.25) is 0 Å². The van der Waals surface area contributed by atoms with E-state index in [1.165, 1.54) is 0 Å². The first kappa shape index (κ1) is 18.5. The summed E-state index contributed by atoms with van der Waals surface area (Å²) in [5.41, 5.74) is -3.64. The first-order valence-electron chi connectivity index (χ1n) is 5.51. The molecule has 0 aromatic heterocycles. The van der Waals surface area contributed by atoms with E-state index in [1.54, 1.807) is 0 Å². The van der Waals surface area contributed by atoms with Gasteiger partial charge in [-0.05, 0) is 26.7 Å². The molecule has 0 aromatic rings. The SMILES string of the molecule is CCC(C)(C(F)(F)F)C(F)(F)C(C)(CC)S(=O)(=O)F. The van der Waals surface area contributed by atoms with Crippen LogP contribution in [0, 0.1) is 5.41 Å². The minimum Gasteiger partial charge on any atom is -0.204 e. The van der Waals surface area contributed by atoms with Crippen LogP contribution in [-0.4, -0.2) is 25.3 Å². The molecular weight excluding hydrogens is 298 g/mol. The van der Waals surface area contributed by atoms with E-state index in [-0.39, 0.29) is 6.92 Å². The monoisotopic (exact) mass is 314 g/mol. The number of hydrogen-bond acceptors (Lipinski definition) is 2. The van der Waals surface area contributed by atoms with E-state index in [2.05, 4.69) is 0 Å². The van der Waals surface area contributed by atoms with Gasteiger partial charge in [0.15, 0.2) is 4.75 Å². The van der Waals surface area contributed by atoms with Gasteiger partial charge in [0.2, 0.25) is 0 Å². The van der Waals surface area contributed by atoms with Gasteiger partial charge >= 0.3 is 16.4 Å². The number of hydrogen-bond donors (Lipinski definition) is 0. The van der Waals surface area contributed by atoms with Crippen molar-refractivity contribution in [1.82, 2.24) is 0 Å². The quantitative estimate of drug-likeness (QED) is 0.566. The second kappa shape index (κ2) is 4.82. The molecule has 0 aliphatic carbocycles. The Labute approximate surface area is 108 Å². The molecule has 19 heavy (non-hydrogen) atoms. The molecular formula is C10H16F6O2S. The second-order valence-electron chi connectivity index (χ2n) is 4.78. The van der Waals surface area contributed by atoms with Crippen molar-refractivity contribution >= 4 is 10.2 Å². The minimum atomic E-state index is -5.88. The van der Waals surface area contributed by atoms with Gasteiger partial charge in [0.25, 0.3) is 5.92 Å². The maximum atomic E-state index is 14.2. The van der Waals surface area contributed by atoms with Crippen LogP contribution in [0.3, 0.4) is 0 Å². The Hall–Kier alpha value is -0.470. The predicted octanol–water partition coefficient (Wildman–Crippen LogP) is 4.07. The Morgan fingerprint density at radius 3 is 1.42 bits per heavy atom. The Morgan fingerprint density at radius 1 is 0.895 bits per heavy atom. The predicted molar refractivity (Wildman–Crippen MR) is 58.1 cm³/mol. The average molecular weight is 314 g/mol. The normalized spacial score (nSPS) is 20.7. The van der Waals surface area contributed by atoms with Gasteiger partial charge in [0.1, 0.15) is 5.41 Å². The Balaban J connectivity index is 6.25. The van der Waals surface area contributed by atoms with E-state index in [9.17, 15) is 34.3 Å². The first-order chi connectivity index (χ1) is 8.12. The zero-order valence-electron chi connectivity index (χ0n) is 10.9. The van der Waals surface area contributed by atoms with Crippen molar-refractivity contribution in [1.29, 1.82) is 0 Å². The van der Waals surface area contributed by atoms with Gasteiger partial charge in [0, 0.05) is 0 Å². The lowest BCUT2D eigenvalue weighted by Crippen LogP contribution is -2.63. The van der Waals surface area contributed by atoms with Crippen LogP contribution < -0.4 is 0 Å². The third kappa shape index (κ3) is 2.45. The van der Waals surface area contributed by atoms with Crippen molar-refractivity contribution in [3.63, 3.8) is 0 Å². The van der Waals surface area contributed by atoms with E-state index >= 15 is 0 Å². The number of halogens is 6. The molecule has 0 saturated heterocycles. The largest absolute Gasteiger partial charge is 0.400 e. The average Bonchev–Trinajstić information content (AvgIpc) is 2.22. The van der Waals surface area contributed by atoms with Crippen LogP contribution >= 0.6 is 0 Å². The van der Waals surface area contributed by atoms with Gasteiger partial charge < -0.3 is 0 Å². The standard InChI is InChI=1S/C10H16F6O2S/c1-5-7(3,10(13,14)15)9(11,12)8(4,6-2)19(16,17)18/h5-6H2,1-4H3. The molecule has 2 atom stereocenters. The lowest BCUT2D eigenvalue weighted by Gasteiger charge is -2.45. The van der Waals surface area contributed by atoms with Crippen LogP contribution in [0.2, 0.25) is 0 Å². The van der Waals surface area contributed by atoms with Crippen molar-refractivity contribution in [2.45, 2.75) is 57.4 Å². The van der Waals surface area contributed by atoms with E-state index in [0.29, 0.717) is 6.92 Å². The Morgan fingerprint density at radius 2 is 1.26 bits per heavy atom. The molecule has 2 nitrogen and oxygen atoms in total. The first-order valence-corrected chi connectivity index (χ1v) is 6.89. The highest BCUT2D eigenvalue weighted by atomic mass is 32.3. The Kier molecular flexibility index (Phi) is 4.70. The summed E-state index contributed by atoms with van der Waals surface area (Å²) in [6, 6.07) is 0. The van der Waals surface area contributed by atoms with Crippen LogP contribution in [0.4, 0.5) is 25.8 Å². The summed E-state index contributed by atoms with van der Waals surface area (Å²) in [5.74, 6) is -4.81. The maximum Gasteiger partial charge on any atom is 0.400 e. The van der Waals surface area contributed by atoms with Crippen LogP contribution in [0.15, 0.2) is 0 Å². The van der Waals surface area contributed by atoms with E-state index in [0.717, 1.165) is 13.8 Å². The fourth-order valence-corrected chi connectivity index (χ4v) is 2.61. The van der Waals surface area contributed by atoms with Crippen LogP contribution in [0.1, 0.15) is 40.5 Å². The van der Waals surface area contributed by atoms with Gasteiger partial charge in [-0.2, -0.15) is 21.6 Å². The molecule has 0 fully saturated rings. The summed E-state index contributed by atoms with van der Waals surface area (Å²) >= 11 is 0. The van der Waals surface area contributed by atoms with Gasteiger partial charge in [0.05, 0.1) is 0 Å². The third-order valence-corrected chi connectivity index (χ3v) is 5.52. The van der Waals surface area contributed by atoms with Gasteiger partial charge in [-0.15, -0.1) is 3.89 Å². The molecule has 0 amide bonds. The summed E-state index contributed by atoms with van der Waals surface area (Å²) in [7, 11) is -5.88. The smallest absolute Gasteiger partial charge is 0.204 e. The van der Waals surface area contributed by atoms with Crippen LogP contribution in [0.5, 0.6) is 0 Å². The lowest BCUT2D eigenvalue weighted by atomic mass is 9.73.